The van der Waals surface area contributed by atoms with Gasteiger partial charge in [0, 0.05) is 24.2 Å². The molecule has 0 bridgehead atoms. The van der Waals surface area contributed by atoms with Gasteiger partial charge in [-0.25, -0.2) is 4.98 Å². The van der Waals surface area contributed by atoms with Gasteiger partial charge in [-0.05, 0) is 54.5 Å². The number of nitrogens with two attached hydrogens (primary N) is 1. The Balaban J connectivity index is 1.78. The van der Waals surface area contributed by atoms with Crippen molar-refractivity contribution in [3.8, 4) is 0 Å². The number of nitrogen functional groups attached to an aromatic ring is 1. The summed E-state index contributed by atoms with van der Waals surface area (Å²) in [7, 11) is 0. The van der Waals surface area contributed by atoms with E-state index in [9.17, 15) is 0 Å². The Morgan fingerprint density at radius 2 is 1.81 bits per heavy atom. The second kappa shape index (κ2) is 5.21. The van der Waals surface area contributed by atoms with Gasteiger partial charge in [-0.3, -0.25) is 0 Å². The number of piperidine rings is 1. The molecule has 0 unspecified atom stereocenters. The number of benzene rings is 1. The summed E-state index contributed by atoms with van der Waals surface area (Å²) in [5.74, 6) is 1.91. The Bertz CT molecular complexity index is 634. The highest BCUT2D eigenvalue weighted by molar-refractivity contribution is 5.83. The lowest BCUT2D eigenvalue weighted by Crippen LogP contribution is -2.38. The zero-order chi connectivity index (χ0) is 15.0. The van der Waals surface area contributed by atoms with E-state index in [4.69, 9.17) is 10.7 Å². The highest BCUT2D eigenvalue weighted by Crippen LogP contribution is 2.35. The molecule has 0 saturated carbocycles. The Kier molecular flexibility index (Phi) is 3.52. The van der Waals surface area contributed by atoms with Crippen molar-refractivity contribution in [3.05, 3.63) is 30.3 Å². The van der Waals surface area contributed by atoms with Crippen LogP contribution >= 0.6 is 0 Å². The van der Waals surface area contributed by atoms with Crippen LogP contribution in [-0.2, 0) is 0 Å². The van der Waals surface area contributed by atoms with Gasteiger partial charge in [-0.1, -0.05) is 20.8 Å². The number of hydrogen-bond donors (Lipinski definition) is 1. The van der Waals surface area contributed by atoms with Crippen LogP contribution < -0.4 is 10.6 Å². The molecule has 1 fully saturated rings. The lowest BCUT2D eigenvalue weighted by molar-refractivity contribution is 0.199. The maximum atomic E-state index is 5.82. The molecule has 3 heteroatoms. The topological polar surface area (TPSA) is 42.1 Å². The van der Waals surface area contributed by atoms with Crippen LogP contribution in [0.4, 0.5) is 11.5 Å². The first-order valence-electron chi connectivity index (χ1n) is 7.85. The van der Waals surface area contributed by atoms with Crippen LogP contribution in [0.5, 0.6) is 0 Å². The molecular formula is C18H25N3. The molecule has 1 aliphatic heterocycles. The molecule has 2 heterocycles. The van der Waals surface area contributed by atoms with Crippen molar-refractivity contribution in [3.63, 3.8) is 0 Å². The predicted molar refractivity (Wildman–Crippen MR) is 90.5 cm³/mol. The van der Waals surface area contributed by atoms with E-state index >= 15 is 0 Å². The molecule has 3 nitrogen and oxygen atoms in total. The van der Waals surface area contributed by atoms with E-state index < -0.39 is 0 Å². The molecule has 2 aromatic rings. The smallest absolute Gasteiger partial charge is 0.129 e. The van der Waals surface area contributed by atoms with Gasteiger partial charge in [0.2, 0.25) is 0 Å². The zero-order valence-corrected chi connectivity index (χ0v) is 13.3. The Labute approximate surface area is 127 Å². The number of hydrogen-bond acceptors (Lipinski definition) is 3. The maximum Gasteiger partial charge on any atom is 0.129 e. The number of rotatable bonds is 1. The van der Waals surface area contributed by atoms with Crippen LogP contribution in [-0.4, -0.2) is 18.1 Å². The van der Waals surface area contributed by atoms with Gasteiger partial charge in [0.15, 0.2) is 0 Å². The van der Waals surface area contributed by atoms with Crippen molar-refractivity contribution in [2.24, 2.45) is 11.3 Å². The fourth-order valence-corrected chi connectivity index (χ4v) is 3.28. The van der Waals surface area contributed by atoms with E-state index in [0.29, 0.717) is 5.41 Å². The number of aromatic nitrogens is 1. The SMILES string of the molecule is CC(C)(C)C1CCN(c2ccc3cc(N)ccc3n2)CC1. The first-order valence-corrected chi connectivity index (χ1v) is 7.85. The Morgan fingerprint density at radius 1 is 1.10 bits per heavy atom. The minimum Gasteiger partial charge on any atom is -0.399 e. The summed E-state index contributed by atoms with van der Waals surface area (Å²) in [4.78, 5) is 7.21. The normalized spacial score (nSPS) is 17.4. The lowest BCUT2D eigenvalue weighted by atomic mass is 9.75. The molecule has 2 N–H and O–H groups in total. The summed E-state index contributed by atoms with van der Waals surface area (Å²) >= 11 is 0. The molecule has 21 heavy (non-hydrogen) atoms. The fraction of sp³-hybridized carbons (Fsp3) is 0.500. The van der Waals surface area contributed by atoms with Gasteiger partial charge in [0.1, 0.15) is 5.82 Å². The summed E-state index contributed by atoms with van der Waals surface area (Å²) in [6.45, 7) is 9.27. The van der Waals surface area contributed by atoms with Gasteiger partial charge in [0.05, 0.1) is 5.52 Å². The molecule has 0 atom stereocenters. The molecule has 112 valence electrons. The maximum absolute atomic E-state index is 5.82. The second-order valence-corrected chi connectivity index (χ2v) is 7.25. The molecule has 1 saturated heterocycles. The van der Waals surface area contributed by atoms with Crippen LogP contribution in [0.15, 0.2) is 30.3 Å². The zero-order valence-electron chi connectivity index (χ0n) is 13.3. The van der Waals surface area contributed by atoms with Gasteiger partial charge >= 0.3 is 0 Å². The third-order valence-corrected chi connectivity index (χ3v) is 4.74. The second-order valence-electron chi connectivity index (χ2n) is 7.25. The lowest BCUT2D eigenvalue weighted by Gasteiger charge is -2.39. The van der Waals surface area contributed by atoms with E-state index in [1.54, 1.807) is 0 Å². The average Bonchev–Trinajstić information content (AvgIpc) is 2.46. The van der Waals surface area contributed by atoms with Crippen molar-refractivity contribution >= 4 is 22.4 Å². The summed E-state index contributed by atoms with van der Waals surface area (Å²) in [6.07, 6.45) is 2.51. The molecule has 0 spiro atoms. The quantitative estimate of drug-likeness (QED) is 0.802. The number of fused-ring (bicyclic) bond motifs is 1. The van der Waals surface area contributed by atoms with Crippen molar-refractivity contribution in [1.29, 1.82) is 0 Å². The summed E-state index contributed by atoms with van der Waals surface area (Å²) in [5, 5.41) is 1.11. The van der Waals surface area contributed by atoms with Crippen molar-refractivity contribution in [2.75, 3.05) is 23.7 Å². The highest BCUT2D eigenvalue weighted by atomic mass is 15.2. The van der Waals surface area contributed by atoms with Gasteiger partial charge in [0.25, 0.3) is 0 Å². The van der Waals surface area contributed by atoms with Crippen LogP contribution in [0.3, 0.4) is 0 Å². The number of nitrogens with zero attached hydrogens (tertiary/aromatic N) is 2. The Morgan fingerprint density at radius 3 is 2.48 bits per heavy atom. The van der Waals surface area contributed by atoms with Crippen molar-refractivity contribution in [1.82, 2.24) is 4.98 Å². The molecule has 1 aromatic heterocycles. The minimum atomic E-state index is 0.417. The third-order valence-electron chi connectivity index (χ3n) is 4.74. The van der Waals surface area contributed by atoms with Crippen LogP contribution in [0, 0.1) is 11.3 Å². The molecule has 0 radical (unpaired) electrons. The molecule has 0 aliphatic carbocycles. The number of pyridine rings is 1. The van der Waals surface area contributed by atoms with E-state index in [-0.39, 0.29) is 0 Å². The van der Waals surface area contributed by atoms with E-state index in [1.807, 2.05) is 18.2 Å². The van der Waals surface area contributed by atoms with Crippen LogP contribution in [0.2, 0.25) is 0 Å². The monoisotopic (exact) mass is 283 g/mol. The molecular weight excluding hydrogens is 258 g/mol. The standard InChI is InChI=1S/C18H25N3/c1-18(2,3)14-8-10-21(11-9-14)17-7-4-13-12-15(19)5-6-16(13)20-17/h4-7,12,14H,8-11,19H2,1-3H3. The first-order chi connectivity index (χ1) is 9.93. The van der Waals surface area contributed by atoms with Gasteiger partial charge < -0.3 is 10.6 Å². The van der Waals surface area contributed by atoms with E-state index in [1.165, 1.54) is 12.8 Å². The van der Waals surface area contributed by atoms with Crippen LogP contribution in [0.25, 0.3) is 10.9 Å². The predicted octanol–water partition coefficient (Wildman–Crippen LogP) is 4.08. The first kappa shape index (κ1) is 14.2. The number of anilines is 2. The largest absolute Gasteiger partial charge is 0.399 e. The summed E-state index contributed by atoms with van der Waals surface area (Å²) < 4.78 is 0. The van der Waals surface area contributed by atoms with E-state index in [0.717, 1.165) is 41.4 Å². The van der Waals surface area contributed by atoms with Gasteiger partial charge in [-0.15, -0.1) is 0 Å². The fourth-order valence-electron chi connectivity index (χ4n) is 3.28. The minimum absolute atomic E-state index is 0.417. The average molecular weight is 283 g/mol. The molecule has 0 amide bonds. The van der Waals surface area contributed by atoms with Crippen molar-refractivity contribution in [2.45, 2.75) is 33.6 Å². The molecule has 3 rings (SSSR count). The Hall–Kier alpha value is -1.77. The van der Waals surface area contributed by atoms with Crippen molar-refractivity contribution < 1.29 is 0 Å². The third kappa shape index (κ3) is 2.97. The van der Waals surface area contributed by atoms with Gasteiger partial charge in [-0.2, -0.15) is 0 Å². The molecule has 1 aromatic carbocycles. The summed E-state index contributed by atoms with van der Waals surface area (Å²) in [5.41, 5.74) is 8.06. The summed E-state index contributed by atoms with van der Waals surface area (Å²) in [6, 6.07) is 10.2. The molecule has 1 aliphatic rings. The highest BCUT2D eigenvalue weighted by Gasteiger charge is 2.29. The van der Waals surface area contributed by atoms with E-state index in [2.05, 4.69) is 37.8 Å². The van der Waals surface area contributed by atoms with Crippen LogP contribution in [0.1, 0.15) is 33.6 Å².